The van der Waals surface area contributed by atoms with Gasteiger partial charge in [-0.2, -0.15) is 0 Å². The number of aryl methyl sites for hydroxylation is 1. The van der Waals surface area contributed by atoms with Gasteiger partial charge in [-0.1, -0.05) is 6.92 Å². The predicted octanol–water partition coefficient (Wildman–Crippen LogP) is 4.52. The third kappa shape index (κ3) is 3.70. The smallest absolute Gasteiger partial charge is 0.148 e. The largest absolute Gasteiger partial charge is 0.483 e. The van der Waals surface area contributed by atoms with Crippen LogP contribution < -0.4 is 10.5 Å². The molecule has 0 aliphatic carbocycles. The molecule has 19 heavy (non-hydrogen) atoms. The molecule has 1 aromatic heterocycles. The molecule has 1 aromatic carbocycles. The van der Waals surface area contributed by atoms with E-state index in [2.05, 4.69) is 47.9 Å². The zero-order valence-electron chi connectivity index (χ0n) is 11.1. The third-order valence-electron chi connectivity index (χ3n) is 3.10. The van der Waals surface area contributed by atoms with Gasteiger partial charge >= 0.3 is 0 Å². The molecule has 0 saturated carbocycles. The molecule has 2 unspecified atom stereocenters. The second-order valence-corrected chi connectivity index (χ2v) is 6.73. The molecule has 0 aliphatic rings. The minimum Gasteiger partial charge on any atom is -0.483 e. The van der Waals surface area contributed by atoms with E-state index in [9.17, 15) is 0 Å². The van der Waals surface area contributed by atoms with Crippen molar-refractivity contribution in [1.82, 2.24) is 0 Å². The molecular weight excluding hydrogens is 369 g/mol. The molecule has 0 aliphatic heterocycles. The van der Waals surface area contributed by atoms with Crippen LogP contribution in [0.4, 0.5) is 0 Å². The minimum absolute atomic E-state index is 0.0108. The summed E-state index contributed by atoms with van der Waals surface area (Å²) in [5.74, 6) is 0.877. The van der Waals surface area contributed by atoms with Crippen molar-refractivity contribution in [1.29, 1.82) is 0 Å². The highest BCUT2D eigenvalue weighted by atomic mass is 127. The lowest BCUT2D eigenvalue weighted by atomic mass is 10.1. The van der Waals surface area contributed by atoms with E-state index in [1.807, 2.05) is 24.3 Å². The number of halogens is 1. The van der Waals surface area contributed by atoms with Crippen LogP contribution in [0.15, 0.2) is 35.7 Å². The number of thiophene rings is 1. The SMILES string of the molecule is CCC(N)C(Oc1ccc(I)cc1)c1sccc1C. The summed E-state index contributed by atoms with van der Waals surface area (Å²) < 4.78 is 7.33. The Hall–Kier alpha value is -0.590. The molecule has 0 spiro atoms. The van der Waals surface area contributed by atoms with Gasteiger partial charge in [0.05, 0.1) is 0 Å². The Morgan fingerprint density at radius 2 is 1.95 bits per heavy atom. The minimum atomic E-state index is -0.0648. The fourth-order valence-corrected chi connectivity index (χ4v) is 3.27. The summed E-state index contributed by atoms with van der Waals surface area (Å²) in [6.45, 7) is 4.20. The van der Waals surface area contributed by atoms with E-state index in [0.717, 1.165) is 12.2 Å². The number of nitrogens with two attached hydrogens (primary N) is 1. The van der Waals surface area contributed by atoms with Crippen molar-refractivity contribution in [2.24, 2.45) is 5.73 Å². The van der Waals surface area contributed by atoms with E-state index >= 15 is 0 Å². The lowest BCUT2D eigenvalue weighted by Gasteiger charge is -2.24. The van der Waals surface area contributed by atoms with Crippen molar-refractivity contribution in [2.45, 2.75) is 32.4 Å². The Morgan fingerprint density at radius 1 is 1.26 bits per heavy atom. The Balaban J connectivity index is 2.24. The van der Waals surface area contributed by atoms with Crippen LogP contribution in [0.2, 0.25) is 0 Å². The first-order chi connectivity index (χ1) is 9.11. The maximum absolute atomic E-state index is 6.24. The lowest BCUT2D eigenvalue weighted by molar-refractivity contribution is 0.174. The van der Waals surface area contributed by atoms with E-state index in [1.54, 1.807) is 11.3 Å². The average molecular weight is 387 g/mol. The van der Waals surface area contributed by atoms with Crippen LogP contribution in [0.1, 0.15) is 29.9 Å². The zero-order valence-corrected chi connectivity index (χ0v) is 14.1. The molecule has 102 valence electrons. The highest BCUT2D eigenvalue weighted by molar-refractivity contribution is 14.1. The molecule has 1 heterocycles. The first kappa shape index (κ1) is 14.8. The Morgan fingerprint density at radius 3 is 2.47 bits per heavy atom. The van der Waals surface area contributed by atoms with E-state index in [1.165, 1.54) is 14.0 Å². The van der Waals surface area contributed by atoms with E-state index < -0.39 is 0 Å². The second-order valence-electron chi connectivity index (χ2n) is 4.53. The number of hydrogen-bond acceptors (Lipinski definition) is 3. The summed E-state index contributed by atoms with van der Waals surface area (Å²) in [7, 11) is 0. The third-order valence-corrected chi connectivity index (χ3v) is 4.90. The van der Waals surface area contributed by atoms with Crippen molar-refractivity contribution in [3.05, 3.63) is 49.7 Å². The van der Waals surface area contributed by atoms with Crippen molar-refractivity contribution in [3.8, 4) is 5.75 Å². The van der Waals surface area contributed by atoms with Gasteiger partial charge in [0.25, 0.3) is 0 Å². The summed E-state index contributed by atoms with van der Waals surface area (Å²) in [5.41, 5.74) is 7.49. The predicted molar refractivity (Wildman–Crippen MR) is 89.9 cm³/mol. The topological polar surface area (TPSA) is 35.2 Å². The Bertz CT molecular complexity index is 523. The molecule has 2 atom stereocenters. The van der Waals surface area contributed by atoms with Crippen molar-refractivity contribution >= 4 is 33.9 Å². The van der Waals surface area contributed by atoms with Crippen LogP contribution in [-0.4, -0.2) is 6.04 Å². The molecule has 2 rings (SSSR count). The normalized spacial score (nSPS) is 14.1. The van der Waals surface area contributed by atoms with Crippen molar-refractivity contribution in [3.63, 3.8) is 0 Å². The standard InChI is InChI=1S/C15H18INOS/c1-3-13(17)14(15-10(2)8-9-19-15)18-12-6-4-11(16)5-7-12/h4-9,13-14H,3,17H2,1-2H3. The van der Waals surface area contributed by atoms with Gasteiger partial charge in [0.2, 0.25) is 0 Å². The Labute approximate surface area is 132 Å². The molecule has 0 radical (unpaired) electrons. The van der Waals surface area contributed by atoms with Crippen LogP contribution >= 0.6 is 33.9 Å². The van der Waals surface area contributed by atoms with Crippen LogP contribution in [-0.2, 0) is 0 Å². The molecule has 2 nitrogen and oxygen atoms in total. The van der Waals surface area contributed by atoms with Crippen LogP contribution in [0.25, 0.3) is 0 Å². The van der Waals surface area contributed by atoms with Crippen LogP contribution in [0, 0.1) is 10.5 Å². The highest BCUT2D eigenvalue weighted by Gasteiger charge is 2.23. The van der Waals surface area contributed by atoms with Gasteiger partial charge in [-0.3, -0.25) is 0 Å². The Kier molecular flexibility index (Phi) is 5.24. The molecule has 4 heteroatoms. The summed E-state index contributed by atoms with van der Waals surface area (Å²) in [6, 6.07) is 10.2. The fraction of sp³-hybridized carbons (Fsp3) is 0.333. The van der Waals surface area contributed by atoms with Crippen LogP contribution in [0.3, 0.4) is 0 Å². The highest BCUT2D eigenvalue weighted by Crippen LogP contribution is 2.31. The quantitative estimate of drug-likeness (QED) is 0.766. The summed E-state index contributed by atoms with van der Waals surface area (Å²) in [5, 5.41) is 2.09. The van der Waals surface area contributed by atoms with Gasteiger partial charge < -0.3 is 10.5 Å². The fourth-order valence-electron chi connectivity index (χ4n) is 1.89. The van der Waals surface area contributed by atoms with E-state index in [0.29, 0.717) is 0 Å². The van der Waals surface area contributed by atoms with Gasteiger partial charge in [-0.15, -0.1) is 11.3 Å². The second kappa shape index (κ2) is 6.72. The first-order valence-corrected chi connectivity index (χ1v) is 8.29. The summed E-state index contributed by atoms with van der Waals surface area (Å²) >= 11 is 4.01. The summed E-state index contributed by atoms with van der Waals surface area (Å²) in [6.07, 6.45) is 0.830. The molecule has 0 fully saturated rings. The number of hydrogen-bond donors (Lipinski definition) is 1. The van der Waals surface area contributed by atoms with Gasteiger partial charge in [-0.05, 0) is 77.2 Å². The number of benzene rings is 1. The summed E-state index contributed by atoms with van der Waals surface area (Å²) in [4.78, 5) is 1.23. The molecule has 2 aromatic rings. The number of rotatable bonds is 5. The van der Waals surface area contributed by atoms with Gasteiger partial charge in [0, 0.05) is 14.5 Å². The number of ether oxygens (including phenoxy) is 1. The van der Waals surface area contributed by atoms with Gasteiger partial charge in [0.15, 0.2) is 0 Å². The van der Waals surface area contributed by atoms with Gasteiger partial charge in [-0.25, -0.2) is 0 Å². The zero-order chi connectivity index (χ0) is 13.8. The molecular formula is C15H18INOS. The maximum Gasteiger partial charge on any atom is 0.148 e. The van der Waals surface area contributed by atoms with E-state index in [-0.39, 0.29) is 12.1 Å². The van der Waals surface area contributed by atoms with Gasteiger partial charge in [0.1, 0.15) is 11.9 Å². The monoisotopic (exact) mass is 387 g/mol. The van der Waals surface area contributed by atoms with E-state index in [4.69, 9.17) is 10.5 Å². The van der Waals surface area contributed by atoms with Crippen molar-refractivity contribution < 1.29 is 4.74 Å². The molecule has 0 saturated heterocycles. The molecule has 2 N–H and O–H groups in total. The molecule has 0 amide bonds. The maximum atomic E-state index is 6.24. The lowest BCUT2D eigenvalue weighted by Crippen LogP contribution is -2.31. The van der Waals surface area contributed by atoms with Crippen LogP contribution in [0.5, 0.6) is 5.75 Å². The first-order valence-electron chi connectivity index (χ1n) is 6.33. The van der Waals surface area contributed by atoms with Crippen molar-refractivity contribution in [2.75, 3.05) is 0 Å². The molecule has 0 bridgehead atoms. The average Bonchev–Trinajstić information content (AvgIpc) is 2.83.